The van der Waals surface area contributed by atoms with E-state index in [-0.39, 0.29) is 5.78 Å². The summed E-state index contributed by atoms with van der Waals surface area (Å²) in [5.41, 5.74) is -1.44. The summed E-state index contributed by atoms with van der Waals surface area (Å²) in [6.07, 6.45) is 1.99. The molecule has 52 valence electrons. The van der Waals surface area contributed by atoms with Gasteiger partial charge in [-0.1, -0.05) is 6.92 Å². The molecule has 9 heavy (non-hydrogen) atoms. The zero-order valence-electron chi connectivity index (χ0n) is 5.61. The van der Waals surface area contributed by atoms with Gasteiger partial charge in [-0.3, -0.25) is 4.79 Å². The van der Waals surface area contributed by atoms with Crippen molar-refractivity contribution in [1.29, 1.82) is 0 Å². The Labute approximate surface area is 54.3 Å². The minimum absolute atomic E-state index is 0.190. The van der Waals surface area contributed by atoms with Crippen LogP contribution in [0.3, 0.4) is 0 Å². The van der Waals surface area contributed by atoms with Gasteiger partial charge in [0, 0.05) is 6.42 Å². The standard InChI is InChI=1S/C7H11FO/c1-2-7(8)5-3-4-6(7)9/h2-5H2,1H3. The summed E-state index contributed by atoms with van der Waals surface area (Å²) in [7, 11) is 0. The third kappa shape index (κ3) is 0.979. The first-order valence-corrected chi connectivity index (χ1v) is 3.41. The monoisotopic (exact) mass is 130 g/mol. The average molecular weight is 130 g/mol. The molecule has 1 aliphatic carbocycles. The average Bonchev–Trinajstić information content (AvgIpc) is 2.15. The van der Waals surface area contributed by atoms with Crippen molar-refractivity contribution in [2.75, 3.05) is 0 Å². The zero-order valence-corrected chi connectivity index (χ0v) is 5.61. The van der Waals surface area contributed by atoms with Crippen molar-refractivity contribution in [3.05, 3.63) is 0 Å². The second-order valence-electron chi connectivity index (χ2n) is 2.60. The maximum atomic E-state index is 13.1. The van der Waals surface area contributed by atoms with E-state index < -0.39 is 5.67 Å². The summed E-state index contributed by atoms with van der Waals surface area (Å²) in [5.74, 6) is -0.190. The Morgan fingerprint density at radius 3 is 2.67 bits per heavy atom. The summed E-state index contributed by atoms with van der Waals surface area (Å²) in [6, 6.07) is 0. The zero-order chi connectivity index (χ0) is 6.91. The van der Waals surface area contributed by atoms with Crippen LogP contribution < -0.4 is 0 Å². The number of alkyl halides is 1. The van der Waals surface area contributed by atoms with Crippen molar-refractivity contribution < 1.29 is 9.18 Å². The lowest BCUT2D eigenvalue weighted by Crippen LogP contribution is -2.26. The van der Waals surface area contributed by atoms with Crippen LogP contribution >= 0.6 is 0 Å². The van der Waals surface area contributed by atoms with Crippen LogP contribution in [0.4, 0.5) is 4.39 Å². The number of rotatable bonds is 1. The van der Waals surface area contributed by atoms with Crippen LogP contribution in [-0.2, 0) is 4.79 Å². The van der Waals surface area contributed by atoms with Crippen LogP contribution in [0.2, 0.25) is 0 Å². The number of ketones is 1. The molecule has 1 unspecified atom stereocenters. The highest BCUT2D eigenvalue weighted by molar-refractivity contribution is 5.89. The van der Waals surface area contributed by atoms with Gasteiger partial charge in [-0.05, 0) is 19.3 Å². The topological polar surface area (TPSA) is 17.1 Å². The predicted octanol–water partition coefficient (Wildman–Crippen LogP) is 1.86. The van der Waals surface area contributed by atoms with E-state index in [9.17, 15) is 9.18 Å². The van der Waals surface area contributed by atoms with Crippen LogP contribution in [0.15, 0.2) is 0 Å². The van der Waals surface area contributed by atoms with Crippen LogP contribution in [0.5, 0.6) is 0 Å². The summed E-state index contributed by atoms with van der Waals surface area (Å²) < 4.78 is 13.1. The van der Waals surface area contributed by atoms with Gasteiger partial charge in [0.1, 0.15) is 0 Å². The molecule has 0 saturated heterocycles. The van der Waals surface area contributed by atoms with Crippen molar-refractivity contribution in [2.24, 2.45) is 0 Å². The first kappa shape index (κ1) is 6.72. The van der Waals surface area contributed by atoms with E-state index >= 15 is 0 Å². The molecule has 0 bridgehead atoms. The molecule has 2 heteroatoms. The molecule has 1 fully saturated rings. The number of hydrogen-bond acceptors (Lipinski definition) is 1. The Kier molecular flexibility index (Phi) is 1.56. The second-order valence-corrected chi connectivity index (χ2v) is 2.60. The predicted molar refractivity (Wildman–Crippen MR) is 33.0 cm³/mol. The molecule has 0 aliphatic heterocycles. The van der Waals surface area contributed by atoms with E-state index in [1.807, 2.05) is 0 Å². The molecule has 0 amide bonds. The first-order chi connectivity index (χ1) is 4.19. The first-order valence-electron chi connectivity index (χ1n) is 3.41. The minimum Gasteiger partial charge on any atom is -0.296 e. The third-order valence-corrected chi connectivity index (χ3v) is 2.04. The van der Waals surface area contributed by atoms with Gasteiger partial charge in [-0.15, -0.1) is 0 Å². The molecule has 1 saturated carbocycles. The molecule has 0 heterocycles. The van der Waals surface area contributed by atoms with Crippen molar-refractivity contribution in [1.82, 2.24) is 0 Å². The van der Waals surface area contributed by atoms with Gasteiger partial charge in [0.25, 0.3) is 0 Å². The van der Waals surface area contributed by atoms with E-state index in [0.717, 1.165) is 6.42 Å². The Bertz CT molecular complexity index is 133. The number of halogens is 1. The number of Topliss-reactive ketones (excluding diaryl/α,β-unsaturated/α-hetero) is 1. The molecule has 0 spiro atoms. The smallest absolute Gasteiger partial charge is 0.169 e. The Morgan fingerprint density at radius 2 is 2.44 bits per heavy atom. The van der Waals surface area contributed by atoms with Crippen LogP contribution in [-0.4, -0.2) is 11.5 Å². The molecule has 0 radical (unpaired) electrons. The lowest BCUT2D eigenvalue weighted by Gasteiger charge is -2.12. The van der Waals surface area contributed by atoms with Crippen LogP contribution in [0.1, 0.15) is 32.6 Å². The van der Waals surface area contributed by atoms with Crippen molar-refractivity contribution >= 4 is 5.78 Å². The van der Waals surface area contributed by atoms with Gasteiger partial charge in [0.15, 0.2) is 11.5 Å². The molecule has 0 aromatic rings. The number of hydrogen-bond donors (Lipinski definition) is 0. The summed E-state index contributed by atoms with van der Waals surface area (Å²) in [6.45, 7) is 1.73. The summed E-state index contributed by atoms with van der Waals surface area (Å²) in [5, 5.41) is 0. The quantitative estimate of drug-likeness (QED) is 0.529. The van der Waals surface area contributed by atoms with E-state index in [1.54, 1.807) is 6.92 Å². The van der Waals surface area contributed by atoms with Gasteiger partial charge in [0.05, 0.1) is 0 Å². The van der Waals surface area contributed by atoms with Crippen molar-refractivity contribution in [3.63, 3.8) is 0 Å². The van der Waals surface area contributed by atoms with Gasteiger partial charge >= 0.3 is 0 Å². The fourth-order valence-corrected chi connectivity index (χ4v) is 1.27. The normalized spacial score (nSPS) is 35.6. The van der Waals surface area contributed by atoms with Gasteiger partial charge in [0.2, 0.25) is 0 Å². The molecular weight excluding hydrogens is 119 g/mol. The highest BCUT2D eigenvalue weighted by Crippen LogP contribution is 2.32. The third-order valence-electron chi connectivity index (χ3n) is 2.04. The largest absolute Gasteiger partial charge is 0.296 e. The maximum absolute atomic E-state index is 13.1. The lowest BCUT2D eigenvalue weighted by atomic mass is 10.0. The summed E-state index contributed by atoms with van der Waals surface area (Å²) >= 11 is 0. The van der Waals surface area contributed by atoms with E-state index in [4.69, 9.17) is 0 Å². The maximum Gasteiger partial charge on any atom is 0.169 e. The van der Waals surface area contributed by atoms with E-state index in [0.29, 0.717) is 19.3 Å². The molecular formula is C7H11FO. The molecule has 0 aromatic heterocycles. The lowest BCUT2D eigenvalue weighted by molar-refractivity contribution is -0.127. The molecule has 1 atom stereocenters. The molecule has 0 N–H and O–H groups in total. The Morgan fingerprint density at radius 1 is 1.78 bits per heavy atom. The van der Waals surface area contributed by atoms with Crippen LogP contribution in [0.25, 0.3) is 0 Å². The van der Waals surface area contributed by atoms with Crippen molar-refractivity contribution in [3.8, 4) is 0 Å². The Hall–Kier alpha value is -0.400. The van der Waals surface area contributed by atoms with Gasteiger partial charge in [-0.2, -0.15) is 0 Å². The summed E-state index contributed by atoms with van der Waals surface area (Å²) in [4.78, 5) is 10.8. The highest BCUT2D eigenvalue weighted by Gasteiger charge is 2.40. The fourth-order valence-electron chi connectivity index (χ4n) is 1.27. The highest BCUT2D eigenvalue weighted by atomic mass is 19.1. The molecule has 1 nitrogen and oxygen atoms in total. The second kappa shape index (κ2) is 2.09. The Balaban J connectivity index is 2.67. The SMILES string of the molecule is CCC1(F)CCCC1=O. The molecule has 1 rings (SSSR count). The van der Waals surface area contributed by atoms with Crippen LogP contribution in [0, 0.1) is 0 Å². The van der Waals surface area contributed by atoms with E-state index in [2.05, 4.69) is 0 Å². The van der Waals surface area contributed by atoms with Crippen molar-refractivity contribution in [2.45, 2.75) is 38.3 Å². The van der Waals surface area contributed by atoms with Gasteiger partial charge in [-0.25, -0.2) is 4.39 Å². The van der Waals surface area contributed by atoms with E-state index in [1.165, 1.54) is 0 Å². The molecule has 1 aliphatic rings. The fraction of sp³-hybridized carbons (Fsp3) is 0.857. The number of carbonyl (C=O) groups excluding carboxylic acids is 1. The number of carbonyl (C=O) groups is 1. The molecule has 0 aromatic carbocycles. The minimum atomic E-state index is -1.44. The van der Waals surface area contributed by atoms with Gasteiger partial charge < -0.3 is 0 Å².